The van der Waals surface area contributed by atoms with Gasteiger partial charge in [0.05, 0.1) is 0 Å². The van der Waals surface area contributed by atoms with Crippen molar-refractivity contribution in [3.8, 4) is 5.75 Å². The molecule has 136 valence electrons. The van der Waals surface area contributed by atoms with Crippen LogP contribution in [0.15, 0.2) is 24.3 Å². The van der Waals surface area contributed by atoms with Crippen LogP contribution in [0.2, 0.25) is 5.02 Å². The van der Waals surface area contributed by atoms with Crippen LogP contribution in [-0.4, -0.2) is 29.2 Å². The molecule has 3 aliphatic rings. The average Bonchev–Trinajstić information content (AvgIpc) is 2.51. The molecule has 3 fully saturated rings. The number of ether oxygens (including phenoxy) is 1. The van der Waals surface area contributed by atoms with Gasteiger partial charge in [-0.25, -0.2) is 0 Å². The molecule has 1 amide bonds. The van der Waals surface area contributed by atoms with Gasteiger partial charge in [0, 0.05) is 28.7 Å². The molecule has 4 nitrogen and oxygen atoms in total. The minimum Gasteiger partial charge on any atom is -0.484 e. The second-order valence-corrected chi connectivity index (χ2v) is 8.69. The maximum absolute atomic E-state index is 12.1. The van der Waals surface area contributed by atoms with Crippen molar-refractivity contribution in [1.29, 1.82) is 0 Å². The molecule has 1 N–H and O–H groups in total. The zero-order chi connectivity index (χ0) is 17.9. The Kier molecular flexibility index (Phi) is 5.74. The smallest absolute Gasteiger partial charge is 0.258 e. The molecule has 1 aromatic carbocycles. The van der Waals surface area contributed by atoms with Crippen LogP contribution in [0.4, 0.5) is 0 Å². The van der Waals surface area contributed by atoms with Gasteiger partial charge in [-0.2, -0.15) is 0 Å². The Hall–Kier alpha value is -1.07. The molecule has 0 aromatic heterocycles. The van der Waals surface area contributed by atoms with Crippen molar-refractivity contribution < 1.29 is 14.3 Å². The van der Waals surface area contributed by atoms with E-state index in [1.54, 1.807) is 24.3 Å². The number of carbonyl (C=O) groups is 2. The summed E-state index contributed by atoms with van der Waals surface area (Å²) in [4.78, 5) is 24.1. The lowest BCUT2D eigenvalue weighted by Crippen LogP contribution is -2.75. The SMILES string of the molecule is O=C(CCCCBr)CC12CC(NC(=O)COc3ccc(Cl)cc3)(C1)C2. The van der Waals surface area contributed by atoms with Crippen molar-refractivity contribution in [2.45, 2.75) is 50.5 Å². The highest BCUT2D eigenvalue weighted by Gasteiger charge is 2.68. The normalized spacial score (nSPS) is 26.3. The Bertz CT molecular complexity index is 627. The number of hydrogen-bond acceptors (Lipinski definition) is 3. The number of ketones is 1. The second-order valence-electron chi connectivity index (χ2n) is 7.46. The fourth-order valence-electron chi connectivity index (χ4n) is 4.25. The van der Waals surface area contributed by atoms with Crippen LogP contribution >= 0.6 is 27.5 Å². The van der Waals surface area contributed by atoms with Gasteiger partial charge >= 0.3 is 0 Å². The summed E-state index contributed by atoms with van der Waals surface area (Å²) in [5, 5.41) is 4.68. The Balaban J connectivity index is 1.35. The predicted molar refractivity (Wildman–Crippen MR) is 101 cm³/mol. The molecule has 25 heavy (non-hydrogen) atoms. The topological polar surface area (TPSA) is 55.4 Å². The molecule has 0 unspecified atom stereocenters. The van der Waals surface area contributed by atoms with Gasteiger partial charge in [-0.15, -0.1) is 0 Å². The van der Waals surface area contributed by atoms with Crippen molar-refractivity contribution in [1.82, 2.24) is 5.32 Å². The van der Waals surface area contributed by atoms with Crippen LogP contribution in [0.25, 0.3) is 0 Å². The number of rotatable bonds is 10. The van der Waals surface area contributed by atoms with E-state index in [1.807, 2.05) is 0 Å². The van der Waals surface area contributed by atoms with E-state index in [0.29, 0.717) is 29.4 Å². The van der Waals surface area contributed by atoms with Gasteiger partial charge < -0.3 is 10.1 Å². The van der Waals surface area contributed by atoms with Crippen molar-refractivity contribution in [2.75, 3.05) is 11.9 Å². The first kappa shape index (κ1) is 18.7. The molecule has 4 rings (SSSR count). The largest absolute Gasteiger partial charge is 0.484 e. The van der Waals surface area contributed by atoms with E-state index in [0.717, 1.165) is 37.4 Å². The highest BCUT2D eigenvalue weighted by molar-refractivity contribution is 9.09. The van der Waals surface area contributed by atoms with E-state index in [1.165, 1.54) is 0 Å². The van der Waals surface area contributed by atoms with Gasteiger partial charge in [0.1, 0.15) is 11.5 Å². The Morgan fingerprint density at radius 2 is 1.84 bits per heavy atom. The zero-order valence-electron chi connectivity index (χ0n) is 14.2. The summed E-state index contributed by atoms with van der Waals surface area (Å²) < 4.78 is 5.47. The molecule has 0 saturated heterocycles. The van der Waals surface area contributed by atoms with Gasteiger partial charge in [-0.05, 0) is 61.8 Å². The molecule has 3 saturated carbocycles. The molecule has 0 aliphatic heterocycles. The minimum absolute atomic E-state index is 0.00184. The highest BCUT2D eigenvalue weighted by Crippen LogP contribution is 2.69. The Morgan fingerprint density at radius 1 is 1.16 bits per heavy atom. The number of halogens is 2. The molecule has 2 bridgehead atoms. The number of nitrogens with one attached hydrogen (secondary N) is 1. The van der Waals surface area contributed by atoms with Gasteiger partial charge in [0.15, 0.2) is 6.61 Å². The molecule has 3 aliphatic carbocycles. The summed E-state index contributed by atoms with van der Waals surface area (Å²) in [5.41, 5.74) is 0.0758. The molecule has 0 spiro atoms. The van der Waals surface area contributed by atoms with Gasteiger partial charge in [0.25, 0.3) is 5.91 Å². The van der Waals surface area contributed by atoms with Crippen molar-refractivity contribution in [2.24, 2.45) is 5.41 Å². The van der Waals surface area contributed by atoms with E-state index in [-0.39, 0.29) is 23.5 Å². The van der Waals surface area contributed by atoms with E-state index in [2.05, 4.69) is 21.2 Å². The van der Waals surface area contributed by atoms with Gasteiger partial charge in [-0.1, -0.05) is 27.5 Å². The predicted octanol–water partition coefficient (Wildman–Crippen LogP) is 4.28. The molecule has 0 atom stereocenters. The molecular formula is C19H23BrClNO3. The Labute approximate surface area is 161 Å². The summed E-state index contributed by atoms with van der Waals surface area (Å²) in [6, 6.07) is 6.95. The molecule has 1 aromatic rings. The van der Waals surface area contributed by atoms with Crippen LogP contribution in [0.5, 0.6) is 5.75 Å². The second kappa shape index (κ2) is 7.67. The first-order valence-electron chi connectivity index (χ1n) is 8.71. The number of Topliss-reactive ketones (excluding diaryl/α,β-unsaturated/α-hetero) is 1. The van der Waals surface area contributed by atoms with Crippen LogP contribution < -0.4 is 10.1 Å². The average molecular weight is 429 g/mol. The van der Waals surface area contributed by atoms with Gasteiger partial charge in [0.2, 0.25) is 0 Å². The molecule has 0 radical (unpaired) electrons. The number of carbonyl (C=O) groups excluding carboxylic acids is 2. The van der Waals surface area contributed by atoms with E-state index in [9.17, 15) is 9.59 Å². The summed E-state index contributed by atoms with van der Waals surface area (Å²) in [6.45, 7) is 0.00184. The third kappa shape index (κ3) is 4.56. The monoisotopic (exact) mass is 427 g/mol. The number of hydrogen-bond donors (Lipinski definition) is 1. The van der Waals surface area contributed by atoms with Crippen molar-refractivity contribution >= 4 is 39.2 Å². The molecular weight excluding hydrogens is 406 g/mol. The number of amides is 1. The van der Waals surface area contributed by atoms with Crippen LogP contribution in [0.3, 0.4) is 0 Å². The number of unbranched alkanes of at least 4 members (excludes halogenated alkanes) is 1. The van der Waals surface area contributed by atoms with Crippen LogP contribution in [-0.2, 0) is 9.59 Å². The summed E-state index contributed by atoms with van der Waals surface area (Å²) in [7, 11) is 0. The van der Waals surface area contributed by atoms with Crippen molar-refractivity contribution in [3.05, 3.63) is 29.3 Å². The summed E-state index contributed by atoms with van der Waals surface area (Å²) in [6.07, 6.45) is 6.15. The fraction of sp³-hybridized carbons (Fsp3) is 0.579. The summed E-state index contributed by atoms with van der Waals surface area (Å²) >= 11 is 9.20. The first-order chi connectivity index (χ1) is 11.9. The number of benzene rings is 1. The third-order valence-corrected chi connectivity index (χ3v) is 5.95. The van der Waals surface area contributed by atoms with E-state index >= 15 is 0 Å². The highest BCUT2D eigenvalue weighted by atomic mass is 79.9. The lowest BCUT2D eigenvalue weighted by atomic mass is 9.38. The first-order valence-corrected chi connectivity index (χ1v) is 10.2. The molecule has 6 heteroatoms. The lowest BCUT2D eigenvalue weighted by Gasteiger charge is -2.70. The minimum atomic E-state index is -0.105. The maximum atomic E-state index is 12.1. The molecule has 0 heterocycles. The quantitative estimate of drug-likeness (QED) is 0.447. The standard InChI is InChI=1S/C19H23BrClNO3/c20-8-2-1-3-15(23)9-18-11-19(12-18,13-18)22-17(24)10-25-16-6-4-14(21)5-7-16/h4-7H,1-3,8-13H2,(H,22,24). The maximum Gasteiger partial charge on any atom is 0.258 e. The Morgan fingerprint density at radius 3 is 2.48 bits per heavy atom. The van der Waals surface area contributed by atoms with E-state index < -0.39 is 0 Å². The summed E-state index contributed by atoms with van der Waals surface area (Å²) in [5.74, 6) is 0.890. The fourth-order valence-corrected chi connectivity index (χ4v) is 4.78. The number of alkyl halides is 1. The van der Waals surface area contributed by atoms with Crippen LogP contribution in [0, 0.1) is 5.41 Å². The third-order valence-electron chi connectivity index (χ3n) is 5.14. The lowest BCUT2D eigenvalue weighted by molar-refractivity contribution is -0.173. The van der Waals surface area contributed by atoms with E-state index in [4.69, 9.17) is 16.3 Å². The van der Waals surface area contributed by atoms with Gasteiger partial charge in [-0.3, -0.25) is 9.59 Å². The zero-order valence-corrected chi connectivity index (χ0v) is 16.5. The van der Waals surface area contributed by atoms with Crippen molar-refractivity contribution in [3.63, 3.8) is 0 Å². The van der Waals surface area contributed by atoms with Crippen LogP contribution in [0.1, 0.15) is 44.9 Å².